The van der Waals surface area contributed by atoms with Crippen molar-refractivity contribution in [1.29, 1.82) is 0 Å². The largest absolute Gasteiger partial charge is 0.466 e. The van der Waals surface area contributed by atoms with Gasteiger partial charge in [0.2, 0.25) is 0 Å². The van der Waals surface area contributed by atoms with E-state index >= 15 is 0 Å². The fraction of sp³-hybridized carbons (Fsp3) is 0.400. The SMILES string of the molecule is C=C(C)C(=O)OC.S. The Balaban J connectivity index is 0. The molecular weight excluding hydrogens is 124 g/mol. The number of methoxy groups -OCH3 is 1. The average molecular weight is 134 g/mol. The second kappa shape index (κ2) is 4.71. The number of carbonyl (C=O) groups excluding carboxylic acids is 1. The third-order valence-electron chi connectivity index (χ3n) is 0.534. The topological polar surface area (TPSA) is 26.3 Å². The van der Waals surface area contributed by atoms with E-state index in [9.17, 15) is 4.79 Å². The van der Waals surface area contributed by atoms with Gasteiger partial charge in [-0.1, -0.05) is 6.58 Å². The predicted molar refractivity (Wildman–Crippen MR) is 37.2 cm³/mol. The van der Waals surface area contributed by atoms with E-state index in [1.54, 1.807) is 6.92 Å². The van der Waals surface area contributed by atoms with Crippen LogP contribution < -0.4 is 0 Å². The standard InChI is InChI=1S/C5H8O2.H2S/c1-4(2)5(6)7-3;/h1H2,2-3H3;1H2. The molecule has 0 N–H and O–H groups in total. The Bertz CT molecular complexity index is 98.6. The average Bonchev–Trinajstić information content (AvgIpc) is 1.65. The van der Waals surface area contributed by atoms with Crippen molar-refractivity contribution >= 4 is 19.5 Å². The first-order chi connectivity index (χ1) is 3.18. The number of esters is 1. The quantitative estimate of drug-likeness (QED) is 0.392. The number of hydrogen-bond acceptors (Lipinski definition) is 2. The van der Waals surface area contributed by atoms with Crippen LogP contribution in [0.25, 0.3) is 0 Å². The lowest BCUT2D eigenvalue weighted by Gasteiger charge is -1.91. The van der Waals surface area contributed by atoms with Crippen molar-refractivity contribution in [2.24, 2.45) is 0 Å². The molecule has 0 amide bonds. The van der Waals surface area contributed by atoms with Gasteiger partial charge in [-0.3, -0.25) is 0 Å². The molecule has 0 aliphatic rings. The highest BCUT2D eigenvalue weighted by Crippen LogP contribution is 1.87. The van der Waals surface area contributed by atoms with E-state index in [1.165, 1.54) is 7.11 Å². The van der Waals surface area contributed by atoms with Crippen molar-refractivity contribution < 1.29 is 9.53 Å². The van der Waals surface area contributed by atoms with Crippen LogP contribution in [0.2, 0.25) is 0 Å². The van der Waals surface area contributed by atoms with Crippen molar-refractivity contribution in [2.45, 2.75) is 6.92 Å². The van der Waals surface area contributed by atoms with E-state index < -0.39 is 0 Å². The molecule has 0 spiro atoms. The molecule has 0 unspecified atom stereocenters. The van der Waals surface area contributed by atoms with Crippen molar-refractivity contribution in [3.05, 3.63) is 12.2 Å². The Labute approximate surface area is 56.0 Å². The Morgan fingerprint density at radius 3 is 2.00 bits per heavy atom. The van der Waals surface area contributed by atoms with Gasteiger partial charge < -0.3 is 4.74 Å². The van der Waals surface area contributed by atoms with E-state index in [0.29, 0.717) is 5.57 Å². The van der Waals surface area contributed by atoms with Crippen molar-refractivity contribution in [3.8, 4) is 0 Å². The van der Waals surface area contributed by atoms with Gasteiger partial charge in [0.05, 0.1) is 7.11 Å². The van der Waals surface area contributed by atoms with E-state index in [2.05, 4.69) is 11.3 Å². The maximum Gasteiger partial charge on any atom is 0.332 e. The molecule has 0 rings (SSSR count). The lowest BCUT2D eigenvalue weighted by Crippen LogP contribution is -1.98. The highest BCUT2D eigenvalue weighted by Gasteiger charge is 1.95. The molecule has 0 aliphatic heterocycles. The molecule has 0 saturated carbocycles. The summed E-state index contributed by atoms with van der Waals surface area (Å²) >= 11 is 0. The molecular formula is C5H10O2S. The summed E-state index contributed by atoms with van der Waals surface area (Å²) in [5.41, 5.74) is 0.433. The van der Waals surface area contributed by atoms with Crippen molar-refractivity contribution in [2.75, 3.05) is 7.11 Å². The van der Waals surface area contributed by atoms with Crippen LogP contribution in [-0.2, 0) is 9.53 Å². The zero-order chi connectivity index (χ0) is 5.86. The first-order valence-electron chi connectivity index (χ1n) is 1.92. The van der Waals surface area contributed by atoms with Gasteiger partial charge >= 0.3 is 5.97 Å². The van der Waals surface area contributed by atoms with Crippen LogP contribution in [-0.4, -0.2) is 13.1 Å². The third-order valence-corrected chi connectivity index (χ3v) is 0.534. The minimum Gasteiger partial charge on any atom is -0.466 e. The molecule has 0 aromatic rings. The van der Waals surface area contributed by atoms with Gasteiger partial charge in [0, 0.05) is 5.57 Å². The number of rotatable bonds is 1. The normalized spacial score (nSPS) is 6.75. The summed E-state index contributed by atoms with van der Waals surface area (Å²) in [6, 6.07) is 0. The summed E-state index contributed by atoms with van der Waals surface area (Å²) in [7, 11) is 1.33. The van der Waals surface area contributed by atoms with E-state index in [0.717, 1.165) is 0 Å². The molecule has 0 bridgehead atoms. The first-order valence-corrected chi connectivity index (χ1v) is 1.92. The zero-order valence-corrected chi connectivity index (χ0v) is 6.02. The highest BCUT2D eigenvalue weighted by molar-refractivity contribution is 7.59. The fourth-order valence-corrected chi connectivity index (χ4v) is 0.174. The van der Waals surface area contributed by atoms with E-state index in [-0.39, 0.29) is 19.5 Å². The first kappa shape index (κ1) is 10.5. The van der Waals surface area contributed by atoms with E-state index in [1.807, 2.05) is 0 Å². The number of hydrogen-bond donors (Lipinski definition) is 0. The second-order valence-corrected chi connectivity index (χ2v) is 1.27. The molecule has 0 heterocycles. The van der Waals surface area contributed by atoms with E-state index in [4.69, 9.17) is 0 Å². The van der Waals surface area contributed by atoms with Crippen LogP contribution in [0.15, 0.2) is 12.2 Å². The molecule has 0 aliphatic carbocycles. The molecule has 0 radical (unpaired) electrons. The molecule has 0 aromatic carbocycles. The molecule has 2 nitrogen and oxygen atoms in total. The van der Waals surface area contributed by atoms with Crippen LogP contribution in [0.4, 0.5) is 0 Å². The maximum absolute atomic E-state index is 10.2. The predicted octanol–water partition coefficient (Wildman–Crippen LogP) is 0.848. The Kier molecular flexibility index (Phi) is 6.20. The second-order valence-electron chi connectivity index (χ2n) is 1.27. The smallest absolute Gasteiger partial charge is 0.332 e. The Hall–Kier alpha value is -0.440. The van der Waals surface area contributed by atoms with Gasteiger partial charge in [0.25, 0.3) is 0 Å². The molecule has 0 atom stereocenters. The minimum absolute atomic E-state index is 0. The zero-order valence-electron chi connectivity index (χ0n) is 5.02. The molecule has 48 valence electrons. The molecule has 0 aromatic heterocycles. The minimum atomic E-state index is -0.347. The summed E-state index contributed by atoms with van der Waals surface area (Å²) in [6.45, 7) is 4.95. The fourth-order valence-electron chi connectivity index (χ4n) is 0.174. The van der Waals surface area contributed by atoms with Crippen LogP contribution in [0.1, 0.15) is 6.92 Å². The maximum atomic E-state index is 10.2. The van der Waals surface area contributed by atoms with Gasteiger partial charge in [-0.2, -0.15) is 13.5 Å². The molecule has 3 heteroatoms. The van der Waals surface area contributed by atoms with Crippen molar-refractivity contribution in [1.82, 2.24) is 0 Å². The van der Waals surface area contributed by atoms with Crippen molar-refractivity contribution in [3.63, 3.8) is 0 Å². The van der Waals surface area contributed by atoms with Gasteiger partial charge in [0.15, 0.2) is 0 Å². The molecule has 0 saturated heterocycles. The summed E-state index contributed by atoms with van der Waals surface area (Å²) in [6.07, 6.45) is 0. The summed E-state index contributed by atoms with van der Waals surface area (Å²) in [4.78, 5) is 10.2. The van der Waals surface area contributed by atoms with Gasteiger partial charge in [0.1, 0.15) is 0 Å². The lowest BCUT2D eigenvalue weighted by molar-refractivity contribution is -0.135. The van der Waals surface area contributed by atoms with Crippen LogP contribution >= 0.6 is 13.5 Å². The third kappa shape index (κ3) is 3.74. The molecule has 8 heavy (non-hydrogen) atoms. The van der Waals surface area contributed by atoms with Gasteiger partial charge in [-0.15, -0.1) is 0 Å². The number of carbonyl (C=O) groups is 1. The summed E-state index contributed by atoms with van der Waals surface area (Å²) < 4.78 is 4.27. The summed E-state index contributed by atoms with van der Waals surface area (Å²) in [5.74, 6) is -0.347. The summed E-state index contributed by atoms with van der Waals surface area (Å²) in [5, 5.41) is 0. The highest BCUT2D eigenvalue weighted by atomic mass is 32.1. The monoisotopic (exact) mass is 134 g/mol. The van der Waals surface area contributed by atoms with Crippen LogP contribution in [0.5, 0.6) is 0 Å². The van der Waals surface area contributed by atoms with Crippen LogP contribution in [0.3, 0.4) is 0 Å². The van der Waals surface area contributed by atoms with Gasteiger partial charge in [-0.05, 0) is 6.92 Å². The molecule has 0 fully saturated rings. The Morgan fingerprint density at radius 2 is 2.00 bits per heavy atom. The van der Waals surface area contributed by atoms with Crippen LogP contribution in [0, 0.1) is 0 Å². The van der Waals surface area contributed by atoms with Gasteiger partial charge in [-0.25, -0.2) is 4.79 Å². The Morgan fingerprint density at radius 1 is 1.62 bits per heavy atom. The number of ether oxygens (including phenoxy) is 1. The lowest BCUT2D eigenvalue weighted by atomic mass is 10.4.